The van der Waals surface area contributed by atoms with E-state index >= 15 is 0 Å². The van der Waals surface area contributed by atoms with Crippen molar-refractivity contribution in [2.45, 2.75) is 25.8 Å². The highest BCUT2D eigenvalue weighted by Crippen LogP contribution is 2.28. The number of rotatable bonds is 6. The van der Waals surface area contributed by atoms with Crippen molar-refractivity contribution < 1.29 is 9.47 Å². The van der Waals surface area contributed by atoms with Crippen LogP contribution in [0.3, 0.4) is 0 Å². The van der Waals surface area contributed by atoms with E-state index in [2.05, 4.69) is 10.4 Å². The van der Waals surface area contributed by atoms with Gasteiger partial charge in [0.2, 0.25) is 0 Å². The summed E-state index contributed by atoms with van der Waals surface area (Å²) in [4.78, 5) is 4.45. The average molecular weight is 292 g/mol. The van der Waals surface area contributed by atoms with Gasteiger partial charge in [0.1, 0.15) is 0 Å². The van der Waals surface area contributed by atoms with E-state index < -0.39 is 0 Å². The van der Waals surface area contributed by atoms with Gasteiger partial charge in [0.15, 0.2) is 11.5 Å². The lowest BCUT2D eigenvalue weighted by Gasteiger charge is -2.13. The van der Waals surface area contributed by atoms with E-state index in [-0.39, 0.29) is 6.04 Å². The minimum absolute atomic E-state index is 0.0543. The van der Waals surface area contributed by atoms with E-state index in [0.29, 0.717) is 0 Å². The van der Waals surface area contributed by atoms with E-state index in [1.165, 1.54) is 0 Å². The number of aryl methyl sites for hydroxylation is 1. The Hall–Kier alpha value is -1.59. The largest absolute Gasteiger partial charge is 0.493 e. The highest BCUT2D eigenvalue weighted by Gasteiger charge is 2.10. The Morgan fingerprint density at radius 3 is 2.55 bits per heavy atom. The maximum atomic E-state index is 6.20. The van der Waals surface area contributed by atoms with Gasteiger partial charge in [-0.05, 0) is 31.0 Å². The third-order valence-electron chi connectivity index (χ3n) is 3.05. The fraction of sp³-hybridized carbons (Fsp3) is 0.400. The van der Waals surface area contributed by atoms with Gasteiger partial charge in [0, 0.05) is 23.5 Å². The summed E-state index contributed by atoms with van der Waals surface area (Å²) in [6.45, 7) is 2.00. The second-order valence-electron chi connectivity index (χ2n) is 4.74. The van der Waals surface area contributed by atoms with Crippen molar-refractivity contribution in [1.29, 1.82) is 0 Å². The lowest BCUT2D eigenvalue weighted by molar-refractivity contribution is 0.354. The molecule has 0 fully saturated rings. The molecule has 0 radical (unpaired) electrons. The van der Waals surface area contributed by atoms with E-state index in [1.54, 1.807) is 25.6 Å². The number of aromatic nitrogens is 1. The Morgan fingerprint density at radius 1 is 1.20 bits per heavy atom. The molecule has 20 heavy (non-hydrogen) atoms. The fourth-order valence-electron chi connectivity index (χ4n) is 2.10. The molecule has 0 aliphatic heterocycles. The average Bonchev–Trinajstić information content (AvgIpc) is 2.83. The highest BCUT2D eigenvalue weighted by atomic mass is 32.1. The second-order valence-corrected chi connectivity index (χ2v) is 5.68. The normalized spacial score (nSPS) is 12.2. The van der Waals surface area contributed by atoms with E-state index in [1.807, 2.05) is 25.1 Å². The summed E-state index contributed by atoms with van der Waals surface area (Å²) < 4.78 is 10.5. The van der Waals surface area contributed by atoms with Gasteiger partial charge in [-0.1, -0.05) is 6.07 Å². The molecule has 5 heteroatoms. The number of nitrogens with two attached hydrogens (primary N) is 1. The quantitative estimate of drug-likeness (QED) is 0.889. The van der Waals surface area contributed by atoms with E-state index in [4.69, 9.17) is 15.2 Å². The minimum Gasteiger partial charge on any atom is -0.493 e. The van der Waals surface area contributed by atoms with Crippen molar-refractivity contribution in [1.82, 2.24) is 4.98 Å². The lowest BCUT2D eigenvalue weighted by Crippen LogP contribution is -2.25. The zero-order chi connectivity index (χ0) is 14.5. The minimum atomic E-state index is 0.0543. The summed E-state index contributed by atoms with van der Waals surface area (Å²) in [6.07, 6.45) is 1.59. The van der Waals surface area contributed by atoms with Crippen LogP contribution in [-0.4, -0.2) is 25.2 Å². The molecule has 0 saturated heterocycles. The van der Waals surface area contributed by atoms with Crippen LogP contribution in [0, 0.1) is 6.92 Å². The molecule has 0 aliphatic carbocycles. The van der Waals surface area contributed by atoms with Crippen molar-refractivity contribution in [2.24, 2.45) is 5.73 Å². The summed E-state index contributed by atoms with van der Waals surface area (Å²) in [5.41, 5.74) is 8.40. The van der Waals surface area contributed by atoms with Crippen LogP contribution in [0.4, 0.5) is 0 Å². The Bertz CT molecular complexity index is 569. The van der Waals surface area contributed by atoms with E-state index in [9.17, 15) is 0 Å². The van der Waals surface area contributed by atoms with Crippen molar-refractivity contribution in [3.8, 4) is 11.5 Å². The molecule has 0 amide bonds. The van der Waals surface area contributed by atoms with Crippen LogP contribution < -0.4 is 15.2 Å². The van der Waals surface area contributed by atoms with Crippen molar-refractivity contribution in [3.63, 3.8) is 0 Å². The highest BCUT2D eigenvalue weighted by molar-refractivity contribution is 7.09. The third kappa shape index (κ3) is 3.71. The molecule has 2 N–H and O–H groups in total. The van der Waals surface area contributed by atoms with Gasteiger partial charge in [0.05, 0.1) is 19.2 Å². The second kappa shape index (κ2) is 6.72. The monoisotopic (exact) mass is 292 g/mol. The van der Waals surface area contributed by atoms with Crippen LogP contribution in [0.1, 0.15) is 16.3 Å². The number of methoxy groups -OCH3 is 2. The standard InChI is InChI=1S/C15H20N2O2S/c1-10-9-20-15(17-10)8-12(16)6-11-4-5-13(18-2)14(7-11)19-3/h4-5,7,9,12H,6,8,16H2,1-3H3. The molecule has 0 spiro atoms. The van der Waals surface area contributed by atoms with Gasteiger partial charge in [-0.2, -0.15) is 0 Å². The molecule has 0 saturated carbocycles. The van der Waals surface area contributed by atoms with Crippen LogP contribution in [0.5, 0.6) is 11.5 Å². The zero-order valence-electron chi connectivity index (χ0n) is 12.1. The first-order chi connectivity index (χ1) is 9.62. The van der Waals surface area contributed by atoms with Crippen LogP contribution in [0.15, 0.2) is 23.6 Å². The van der Waals surface area contributed by atoms with Gasteiger partial charge in [-0.15, -0.1) is 11.3 Å². The van der Waals surface area contributed by atoms with Gasteiger partial charge in [-0.3, -0.25) is 0 Å². The fourth-order valence-corrected chi connectivity index (χ4v) is 2.97. The van der Waals surface area contributed by atoms with Crippen LogP contribution in [-0.2, 0) is 12.8 Å². The molecule has 2 aromatic rings. The number of thiazole rings is 1. The zero-order valence-corrected chi connectivity index (χ0v) is 12.9. The van der Waals surface area contributed by atoms with Gasteiger partial charge < -0.3 is 15.2 Å². The lowest BCUT2D eigenvalue weighted by atomic mass is 10.0. The smallest absolute Gasteiger partial charge is 0.160 e. The summed E-state index contributed by atoms with van der Waals surface area (Å²) in [7, 11) is 3.27. The molecule has 108 valence electrons. The van der Waals surface area contributed by atoms with Crippen LogP contribution in [0.25, 0.3) is 0 Å². The first kappa shape index (κ1) is 14.8. The molecule has 2 rings (SSSR count). The molecule has 0 bridgehead atoms. The Labute approximate surface area is 123 Å². The summed E-state index contributed by atoms with van der Waals surface area (Å²) in [6, 6.07) is 5.97. The van der Waals surface area contributed by atoms with E-state index in [0.717, 1.165) is 40.6 Å². The molecular weight excluding hydrogens is 272 g/mol. The Kier molecular flexibility index (Phi) is 4.98. The van der Waals surface area contributed by atoms with Crippen LogP contribution in [0.2, 0.25) is 0 Å². The van der Waals surface area contributed by atoms with Gasteiger partial charge in [-0.25, -0.2) is 4.98 Å². The van der Waals surface area contributed by atoms with Crippen LogP contribution >= 0.6 is 11.3 Å². The molecule has 1 aromatic heterocycles. The number of hydrogen-bond donors (Lipinski definition) is 1. The van der Waals surface area contributed by atoms with Crippen molar-refractivity contribution >= 4 is 11.3 Å². The molecule has 0 aliphatic rings. The number of nitrogens with zero attached hydrogens (tertiary/aromatic N) is 1. The first-order valence-electron chi connectivity index (χ1n) is 6.50. The molecule has 1 atom stereocenters. The number of hydrogen-bond acceptors (Lipinski definition) is 5. The Morgan fingerprint density at radius 2 is 1.95 bits per heavy atom. The molecule has 4 nitrogen and oxygen atoms in total. The topological polar surface area (TPSA) is 57.4 Å². The molecular formula is C15H20N2O2S. The first-order valence-corrected chi connectivity index (χ1v) is 7.38. The predicted octanol–water partition coefficient (Wildman–Crippen LogP) is 2.58. The maximum Gasteiger partial charge on any atom is 0.160 e. The molecule has 1 unspecified atom stereocenters. The number of ether oxygens (including phenoxy) is 2. The third-order valence-corrected chi connectivity index (χ3v) is 4.04. The Balaban J connectivity index is 2.02. The summed E-state index contributed by atoms with van der Waals surface area (Å²) in [5, 5.41) is 3.15. The molecule has 1 heterocycles. The van der Waals surface area contributed by atoms with Gasteiger partial charge >= 0.3 is 0 Å². The summed E-state index contributed by atoms with van der Waals surface area (Å²) >= 11 is 1.67. The summed E-state index contributed by atoms with van der Waals surface area (Å²) in [5.74, 6) is 1.47. The van der Waals surface area contributed by atoms with Crippen molar-refractivity contribution in [2.75, 3.05) is 14.2 Å². The van der Waals surface area contributed by atoms with Gasteiger partial charge in [0.25, 0.3) is 0 Å². The van der Waals surface area contributed by atoms with Crippen molar-refractivity contribution in [3.05, 3.63) is 39.8 Å². The number of benzene rings is 1. The molecule has 1 aromatic carbocycles. The maximum absolute atomic E-state index is 6.20. The predicted molar refractivity (Wildman–Crippen MR) is 81.8 cm³/mol. The SMILES string of the molecule is COc1ccc(CC(N)Cc2nc(C)cs2)cc1OC.